The van der Waals surface area contributed by atoms with E-state index in [2.05, 4.69) is 0 Å². The maximum absolute atomic E-state index is 10.8. The lowest BCUT2D eigenvalue weighted by molar-refractivity contribution is -0.393. The van der Waals surface area contributed by atoms with Gasteiger partial charge in [0.1, 0.15) is 0 Å². The zero-order valence-electron chi connectivity index (χ0n) is 14.3. The fourth-order valence-corrected chi connectivity index (χ4v) is 2.40. The number of phenolic OH excluding ortho intramolecular Hbond substituents is 2. The van der Waals surface area contributed by atoms with Gasteiger partial charge in [0, 0.05) is 11.5 Å². The molecule has 0 radical (unpaired) electrons. The molecule has 11 nitrogen and oxygen atoms in total. The summed E-state index contributed by atoms with van der Waals surface area (Å²) in [5.41, 5.74) is -0.556. The minimum absolute atomic E-state index is 0.0911. The molecule has 0 unspecified atom stereocenters. The van der Waals surface area contributed by atoms with Crippen LogP contribution in [0, 0.1) is 37.3 Å². The second-order valence-corrected chi connectivity index (χ2v) is 5.57. The number of hydrogen-bond donors (Lipinski definition) is 2. The van der Waals surface area contributed by atoms with Crippen LogP contribution in [0.25, 0.3) is 10.8 Å². The first kappa shape index (κ1) is 20.0. The number of aromatic hydroxyl groups is 2. The monoisotopic (exact) mass is 387 g/mol. The van der Waals surface area contributed by atoms with Crippen molar-refractivity contribution in [3.63, 3.8) is 0 Å². The van der Waals surface area contributed by atoms with Gasteiger partial charge in [0.05, 0.1) is 26.2 Å². The van der Waals surface area contributed by atoms with Crippen LogP contribution < -0.4 is 0 Å². The highest BCUT2D eigenvalue weighted by Crippen LogP contribution is 2.39. The molecule has 0 aromatic heterocycles. The molecule has 0 saturated carbocycles. The van der Waals surface area contributed by atoms with Gasteiger partial charge in [-0.15, -0.1) is 0 Å². The highest BCUT2D eigenvalue weighted by Gasteiger charge is 2.24. The molecule has 0 aliphatic carbocycles. The number of hydrogen-bond acceptors (Lipinski definition) is 8. The Morgan fingerprint density at radius 3 is 1.75 bits per heavy atom. The first-order valence-electron chi connectivity index (χ1n) is 7.61. The summed E-state index contributed by atoms with van der Waals surface area (Å²) in [7, 11) is 0. The van der Waals surface area contributed by atoms with E-state index in [0.717, 1.165) is 11.6 Å². The van der Waals surface area contributed by atoms with Crippen molar-refractivity contribution in [3.8, 4) is 11.5 Å². The van der Waals surface area contributed by atoms with Crippen LogP contribution in [-0.4, -0.2) is 25.0 Å². The minimum atomic E-state index is -0.852. The third-order valence-corrected chi connectivity index (χ3v) is 3.70. The Labute approximate surface area is 156 Å². The summed E-state index contributed by atoms with van der Waals surface area (Å²) < 4.78 is 0. The van der Waals surface area contributed by atoms with Crippen LogP contribution in [0.1, 0.15) is 5.56 Å². The summed E-state index contributed by atoms with van der Waals surface area (Å²) in [6.45, 7) is 1.73. The second-order valence-electron chi connectivity index (χ2n) is 5.57. The molecule has 28 heavy (non-hydrogen) atoms. The molecule has 0 atom stereocenters. The SMILES string of the molecule is Cc1ccc(O)c([N+](=O)[O-])c1.O=[N+]([O-])c1cc([N+](=O)[O-])c2ccccc2c1O. The van der Waals surface area contributed by atoms with Gasteiger partial charge in [-0.05, 0) is 24.6 Å². The molecule has 144 valence electrons. The summed E-state index contributed by atoms with van der Waals surface area (Å²) in [5, 5.41) is 50.6. The summed E-state index contributed by atoms with van der Waals surface area (Å²) >= 11 is 0. The molecule has 0 amide bonds. The van der Waals surface area contributed by atoms with Crippen LogP contribution >= 0.6 is 0 Å². The number of nitrogens with zero attached hydrogens (tertiary/aromatic N) is 3. The standard InChI is InChI=1S/C10H6N2O5.C7H7NO3/c13-10-7-4-2-1-3-6(7)8(11(14)15)5-9(10)12(16)17;1-5-2-3-7(9)6(4-5)8(10)11/h1-5,13H;2-4,9H,1H3. The number of non-ortho nitro benzene ring substituents is 1. The number of aryl methyl sites for hydroxylation is 1. The molecule has 0 heterocycles. The molecule has 2 N–H and O–H groups in total. The fourth-order valence-electron chi connectivity index (χ4n) is 2.40. The van der Waals surface area contributed by atoms with Crippen molar-refractivity contribution in [2.75, 3.05) is 0 Å². The Morgan fingerprint density at radius 2 is 1.25 bits per heavy atom. The van der Waals surface area contributed by atoms with Gasteiger partial charge in [-0.2, -0.15) is 0 Å². The predicted molar refractivity (Wildman–Crippen MR) is 98.4 cm³/mol. The molecule has 0 aliphatic heterocycles. The van der Waals surface area contributed by atoms with Gasteiger partial charge >= 0.3 is 11.4 Å². The molecular weight excluding hydrogens is 374 g/mol. The Kier molecular flexibility index (Phi) is 5.69. The van der Waals surface area contributed by atoms with Crippen molar-refractivity contribution in [2.24, 2.45) is 0 Å². The number of nitro benzene ring substituents is 3. The summed E-state index contributed by atoms with van der Waals surface area (Å²) in [5.74, 6) is -0.850. The molecule has 0 aliphatic rings. The maximum atomic E-state index is 10.8. The van der Waals surface area contributed by atoms with Crippen LogP contribution in [0.15, 0.2) is 48.5 Å². The van der Waals surface area contributed by atoms with Crippen LogP contribution in [0.2, 0.25) is 0 Å². The van der Waals surface area contributed by atoms with Gasteiger partial charge in [0.2, 0.25) is 5.75 Å². The average molecular weight is 387 g/mol. The zero-order valence-corrected chi connectivity index (χ0v) is 14.3. The Morgan fingerprint density at radius 1 is 0.714 bits per heavy atom. The number of benzene rings is 3. The van der Waals surface area contributed by atoms with Crippen LogP contribution in [0.5, 0.6) is 11.5 Å². The van der Waals surface area contributed by atoms with E-state index in [4.69, 9.17) is 5.11 Å². The summed E-state index contributed by atoms with van der Waals surface area (Å²) in [6.07, 6.45) is 0. The number of nitro groups is 3. The molecule has 3 aromatic carbocycles. The van der Waals surface area contributed by atoms with Gasteiger partial charge in [-0.1, -0.05) is 24.3 Å². The lowest BCUT2D eigenvalue weighted by Crippen LogP contribution is -1.94. The molecule has 0 fully saturated rings. The largest absolute Gasteiger partial charge is 0.502 e. The van der Waals surface area contributed by atoms with E-state index in [0.29, 0.717) is 0 Å². The molecular formula is C17H13N3O8. The van der Waals surface area contributed by atoms with E-state index in [1.807, 2.05) is 0 Å². The normalized spacial score (nSPS) is 10.0. The molecule has 3 aromatic rings. The second kappa shape index (κ2) is 7.95. The van der Waals surface area contributed by atoms with Gasteiger partial charge in [-0.3, -0.25) is 30.3 Å². The first-order valence-corrected chi connectivity index (χ1v) is 7.61. The van der Waals surface area contributed by atoms with Crippen LogP contribution in [0.4, 0.5) is 17.1 Å². The van der Waals surface area contributed by atoms with E-state index in [1.165, 1.54) is 30.3 Å². The lowest BCUT2D eigenvalue weighted by atomic mass is 10.1. The third kappa shape index (κ3) is 4.09. The number of fused-ring (bicyclic) bond motifs is 1. The highest BCUT2D eigenvalue weighted by molar-refractivity contribution is 5.98. The predicted octanol–water partition coefficient (Wildman–Crippen LogP) is 3.97. The van der Waals surface area contributed by atoms with E-state index >= 15 is 0 Å². The Bertz CT molecular complexity index is 1100. The van der Waals surface area contributed by atoms with Crippen molar-refractivity contribution >= 4 is 27.8 Å². The minimum Gasteiger partial charge on any atom is -0.502 e. The maximum Gasteiger partial charge on any atom is 0.318 e. The van der Waals surface area contributed by atoms with Gasteiger partial charge < -0.3 is 10.2 Å². The van der Waals surface area contributed by atoms with Crippen molar-refractivity contribution in [2.45, 2.75) is 6.92 Å². The molecule has 0 saturated heterocycles. The zero-order chi connectivity index (χ0) is 21.0. The topological polar surface area (TPSA) is 170 Å². The van der Waals surface area contributed by atoms with E-state index in [1.54, 1.807) is 19.1 Å². The smallest absolute Gasteiger partial charge is 0.318 e. The summed E-state index contributed by atoms with van der Waals surface area (Å²) in [4.78, 5) is 29.5. The first-order chi connectivity index (χ1) is 13.1. The number of phenols is 2. The molecule has 0 spiro atoms. The van der Waals surface area contributed by atoms with Crippen LogP contribution in [-0.2, 0) is 0 Å². The fraction of sp³-hybridized carbons (Fsp3) is 0.0588. The average Bonchev–Trinajstić information content (AvgIpc) is 2.64. The van der Waals surface area contributed by atoms with E-state index in [-0.39, 0.29) is 22.2 Å². The quantitative estimate of drug-likeness (QED) is 0.502. The highest BCUT2D eigenvalue weighted by atomic mass is 16.6. The van der Waals surface area contributed by atoms with Crippen molar-refractivity contribution < 1.29 is 25.0 Å². The van der Waals surface area contributed by atoms with Gasteiger partial charge in [0.15, 0.2) is 5.75 Å². The van der Waals surface area contributed by atoms with Crippen molar-refractivity contribution in [1.29, 1.82) is 0 Å². The third-order valence-electron chi connectivity index (χ3n) is 3.70. The molecule has 3 rings (SSSR count). The van der Waals surface area contributed by atoms with E-state index < -0.39 is 31.9 Å². The van der Waals surface area contributed by atoms with E-state index in [9.17, 15) is 35.4 Å². The summed E-state index contributed by atoms with van der Waals surface area (Å²) in [6, 6.07) is 10.9. The van der Waals surface area contributed by atoms with Gasteiger partial charge in [-0.25, -0.2) is 0 Å². The molecule has 11 heteroatoms. The number of rotatable bonds is 3. The lowest BCUT2D eigenvalue weighted by Gasteiger charge is -2.02. The van der Waals surface area contributed by atoms with Crippen molar-refractivity contribution in [1.82, 2.24) is 0 Å². The van der Waals surface area contributed by atoms with Gasteiger partial charge in [0.25, 0.3) is 5.69 Å². The Hall–Kier alpha value is -4.28. The van der Waals surface area contributed by atoms with Crippen molar-refractivity contribution in [3.05, 3.63) is 84.4 Å². The molecule has 0 bridgehead atoms. The Balaban J connectivity index is 0.000000221. The van der Waals surface area contributed by atoms with Crippen LogP contribution in [0.3, 0.4) is 0 Å².